The fraction of sp³-hybridized carbons (Fsp3) is 0.438. The Labute approximate surface area is 114 Å². The number of carbonyl (C=O) groups excluding carboxylic acids is 1. The van der Waals surface area contributed by atoms with E-state index in [-0.39, 0.29) is 19.1 Å². The molecule has 19 heavy (non-hydrogen) atoms. The van der Waals surface area contributed by atoms with Crippen LogP contribution in [0.2, 0.25) is 0 Å². The molecule has 3 nitrogen and oxygen atoms in total. The Balaban J connectivity index is 3.27. The average Bonchev–Trinajstić information content (AvgIpc) is 2.42. The van der Waals surface area contributed by atoms with Crippen molar-refractivity contribution < 1.29 is 9.90 Å². The molecular formula is C16H23NO2. The molecule has 1 aromatic rings. The van der Waals surface area contributed by atoms with Gasteiger partial charge in [0.1, 0.15) is 0 Å². The fourth-order valence-corrected chi connectivity index (χ4v) is 2.11. The molecule has 0 bridgehead atoms. The van der Waals surface area contributed by atoms with Crippen molar-refractivity contribution in [2.45, 2.75) is 33.1 Å². The quantitative estimate of drug-likeness (QED) is 0.801. The second-order valence-electron chi connectivity index (χ2n) is 4.49. The van der Waals surface area contributed by atoms with E-state index < -0.39 is 0 Å². The molecule has 0 saturated heterocycles. The number of aliphatic hydroxyl groups excluding tert-OH is 1. The van der Waals surface area contributed by atoms with Gasteiger partial charge in [-0.2, -0.15) is 0 Å². The van der Waals surface area contributed by atoms with Gasteiger partial charge in [-0.15, -0.1) is 0 Å². The maximum atomic E-state index is 12.1. The Morgan fingerprint density at radius 2 is 2.16 bits per heavy atom. The number of unbranched alkanes of at least 4 members (excludes halogenated alkanes) is 1. The fourth-order valence-electron chi connectivity index (χ4n) is 2.11. The van der Waals surface area contributed by atoms with Gasteiger partial charge in [0.15, 0.2) is 0 Å². The number of amides is 1. The summed E-state index contributed by atoms with van der Waals surface area (Å²) in [6.07, 6.45) is 5.01. The molecule has 0 spiro atoms. The predicted molar refractivity (Wildman–Crippen MR) is 79.4 cm³/mol. The van der Waals surface area contributed by atoms with Crippen molar-refractivity contribution in [3.05, 3.63) is 33.7 Å². The maximum absolute atomic E-state index is 12.1. The number of hydrogen-bond acceptors (Lipinski definition) is 2. The monoisotopic (exact) mass is 261 g/mol. The first-order valence-electron chi connectivity index (χ1n) is 6.85. The zero-order valence-electron chi connectivity index (χ0n) is 11.8. The normalized spacial score (nSPS) is 11.6. The molecule has 0 aliphatic rings. The Morgan fingerprint density at radius 3 is 2.74 bits per heavy atom. The lowest BCUT2D eigenvalue weighted by Gasteiger charge is -2.09. The van der Waals surface area contributed by atoms with Crippen LogP contribution in [0.25, 0.3) is 12.7 Å². The summed E-state index contributed by atoms with van der Waals surface area (Å²) in [4.78, 5) is 12.1. The van der Waals surface area contributed by atoms with Crippen LogP contribution in [-0.2, 0) is 6.42 Å². The molecule has 1 amide bonds. The van der Waals surface area contributed by atoms with Gasteiger partial charge < -0.3 is 10.4 Å². The third kappa shape index (κ3) is 3.93. The largest absolute Gasteiger partial charge is 0.395 e. The highest BCUT2D eigenvalue weighted by atomic mass is 16.3. The first-order chi connectivity index (χ1) is 9.15. The van der Waals surface area contributed by atoms with Crippen LogP contribution >= 0.6 is 0 Å². The van der Waals surface area contributed by atoms with E-state index in [1.54, 1.807) is 0 Å². The molecule has 2 N–H and O–H groups in total. The molecule has 0 saturated carbocycles. The second kappa shape index (κ2) is 7.74. The maximum Gasteiger partial charge on any atom is 0.251 e. The highest BCUT2D eigenvalue weighted by Crippen LogP contribution is 2.04. The number of rotatable bonds is 6. The molecule has 0 atom stereocenters. The molecular weight excluding hydrogens is 238 g/mol. The van der Waals surface area contributed by atoms with Gasteiger partial charge in [-0.1, -0.05) is 39.0 Å². The van der Waals surface area contributed by atoms with Crippen molar-refractivity contribution in [2.75, 3.05) is 13.2 Å². The first kappa shape index (κ1) is 15.4. The van der Waals surface area contributed by atoms with Gasteiger partial charge in [0.2, 0.25) is 0 Å². The van der Waals surface area contributed by atoms with Crippen LogP contribution in [0.4, 0.5) is 0 Å². The number of nitrogens with one attached hydrogen (secondary N) is 1. The summed E-state index contributed by atoms with van der Waals surface area (Å²) in [6.45, 7) is 8.45. The number of hydrogen-bond donors (Lipinski definition) is 2. The first-order valence-corrected chi connectivity index (χ1v) is 6.85. The van der Waals surface area contributed by atoms with Crippen molar-refractivity contribution in [1.29, 1.82) is 0 Å². The predicted octanol–water partition coefficient (Wildman–Crippen LogP) is 0.962. The number of benzene rings is 1. The van der Waals surface area contributed by atoms with Gasteiger partial charge in [0.05, 0.1) is 6.61 Å². The summed E-state index contributed by atoms with van der Waals surface area (Å²) < 4.78 is 0. The smallest absolute Gasteiger partial charge is 0.251 e. The van der Waals surface area contributed by atoms with E-state index in [0.717, 1.165) is 35.3 Å². The molecule has 0 aliphatic heterocycles. The van der Waals surface area contributed by atoms with E-state index in [1.807, 2.05) is 19.1 Å². The van der Waals surface area contributed by atoms with Crippen LogP contribution in [-0.4, -0.2) is 24.2 Å². The molecule has 0 fully saturated rings. The molecule has 0 radical (unpaired) electrons. The van der Waals surface area contributed by atoms with E-state index in [9.17, 15) is 4.79 Å². The van der Waals surface area contributed by atoms with Gasteiger partial charge in [-0.25, -0.2) is 0 Å². The number of aliphatic hydroxyl groups is 1. The standard InChI is InChI=1S/C16H23NO2/c1-4-6-7-14-12(3)8-9-15(13(14)5-2)16(19)17-10-11-18/h7-9,18H,3-6,10-11H2,1-2H3,(H,17,19)/b14-7+. The Kier molecular flexibility index (Phi) is 6.30. The zero-order valence-corrected chi connectivity index (χ0v) is 11.8. The average molecular weight is 261 g/mol. The minimum atomic E-state index is -0.128. The van der Waals surface area contributed by atoms with Crippen molar-refractivity contribution in [3.63, 3.8) is 0 Å². The lowest BCUT2D eigenvalue weighted by atomic mass is 9.99. The van der Waals surface area contributed by atoms with Crippen LogP contribution in [0.15, 0.2) is 12.1 Å². The van der Waals surface area contributed by atoms with Gasteiger partial charge in [-0.3, -0.25) is 4.79 Å². The third-order valence-corrected chi connectivity index (χ3v) is 3.08. The van der Waals surface area contributed by atoms with E-state index in [1.165, 1.54) is 0 Å². The van der Waals surface area contributed by atoms with Crippen molar-refractivity contribution >= 4 is 18.6 Å². The molecule has 1 rings (SSSR count). The summed E-state index contributed by atoms with van der Waals surface area (Å²) in [5.74, 6) is -0.128. The minimum Gasteiger partial charge on any atom is -0.395 e. The van der Waals surface area contributed by atoms with Gasteiger partial charge >= 0.3 is 0 Å². The van der Waals surface area contributed by atoms with E-state index in [0.29, 0.717) is 5.56 Å². The minimum absolute atomic E-state index is 0.0462. The molecule has 0 unspecified atom stereocenters. The third-order valence-electron chi connectivity index (χ3n) is 3.08. The molecule has 104 valence electrons. The molecule has 1 aromatic carbocycles. The molecule has 0 heterocycles. The SMILES string of the molecule is C=c1ccc(C(=O)NCCO)c(CC)/c1=C/CCC. The lowest BCUT2D eigenvalue weighted by Crippen LogP contribution is -2.34. The summed E-state index contributed by atoms with van der Waals surface area (Å²) in [5.41, 5.74) is 1.72. The van der Waals surface area contributed by atoms with E-state index >= 15 is 0 Å². The molecule has 3 heteroatoms. The van der Waals surface area contributed by atoms with Crippen LogP contribution < -0.4 is 15.8 Å². The topological polar surface area (TPSA) is 49.3 Å². The lowest BCUT2D eigenvalue weighted by molar-refractivity contribution is 0.0943. The summed E-state index contributed by atoms with van der Waals surface area (Å²) in [6, 6.07) is 3.70. The second-order valence-corrected chi connectivity index (χ2v) is 4.49. The van der Waals surface area contributed by atoms with Crippen LogP contribution in [0.1, 0.15) is 42.6 Å². The van der Waals surface area contributed by atoms with Crippen molar-refractivity contribution in [1.82, 2.24) is 5.32 Å². The zero-order chi connectivity index (χ0) is 14.3. The summed E-state index contributed by atoms with van der Waals surface area (Å²) in [7, 11) is 0. The van der Waals surface area contributed by atoms with Crippen LogP contribution in [0.3, 0.4) is 0 Å². The Hall–Kier alpha value is -1.61. The van der Waals surface area contributed by atoms with Gasteiger partial charge in [0, 0.05) is 12.1 Å². The Morgan fingerprint density at radius 1 is 1.42 bits per heavy atom. The Bertz CT molecular complexity index is 534. The van der Waals surface area contributed by atoms with Crippen LogP contribution in [0.5, 0.6) is 0 Å². The van der Waals surface area contributed by atoms with Crippen molar-refractivity contribution in [3.8, 4) is 0 Å². The highest BCUT2D eigenvalue weighted by Gasteiger charge is 2.10. The highest BCUT2D eigenvalue weighted by molar-refractivity contribution is 5.95. The van der Waals surface area contributed by atoms with Crippen molar-refractivity contribution in [2.24, 2.45) is 0 Å². The van der Waals surface area contributed by atoms with E-state index in [4.69, 9.17) is 5.11 Å². The van der Waals surface area contributed by atoms with Gasteiger partial charge in [-0.05, 0) is 34.9 Å². The van der Waals surface area contributed by atoms with E-state index in [2.05, 4.69) is 24.9 Å². The van der Waals surface area contributed by atoms with Crippen LogP contribution in [0, 0.1) is 0 Å². The summed E-state index contributed by atoms with van der Waals surface area (Å²) in [5, 5.41) is 13.5. The molecule has 0 aliphatic carbocycles. The number of carbonyl (C=O) groups is 1. The summed E-state index contributed by atoms with van der Waals surface area (Å²) >= 11 is 0. The van der Waals surface area contributed by atoms with Gasteiger partial charge in [0.25, 0.3) is 5.91 Å². The molecule has 0 aromatic heterocycles.